The third-order valence-corrected chi connectivity index (χ3v) is 1.90. The molecule has 0 aliphatic heterocycles. The van der Waals surface area contributed by atoms with Crippen LogP contribution in [0.5, 0.6) is 0 Å². The van der Waals surface area contributed by atoms with Gasteiger partial charge in [0.05, 0.1) is 0 Å². The van der Waals surface area contributed by atoms with Gasteiger partial charge in [0.2, 0.25) is 0 Å². The van der Waals surface area contributed by atoms with Crippen molar-refractivity contribution in [2.75, 3.05) is 6.54 Å². The molecule has 0 aromatic rings. The summed E-state index contributed by atoms with van der Waals surface area (Å²) in [5.74, 6) is 0.792. The van der Waals surface area contributed by atoms with Gasteiger partial charge in [-0.05, 0) is 31.7 Å². The Morgan fingerprint density at radius 3 is 2.30 bits per heavy atom. The van der Waals surface area contributed by atoms with Gasteiger partial charge in [0.1, 0.15) is 0 Å². The van der Waals surface area contributed by atoms with E-state index in [9.17, 15) is 0 Å². The van der Waals surface area contributed by atoms with Gasteiger partial charge < -0.3 is 5.73 Å². The molecule has 56 valence electrons. The van der Waals surface area contributed by atoms with Crippen LogP contribution in [0.15, 0.2) is 24.3 Å². The molecule has 2 N–H and O–H groups in total. The van der Waals surface area contributed by atoms with Crippen LogP contribution < -0.4 is 5.73 Å². The third kappa shape index (κ3) is 2.36. The Kier molecular flexibility index (Phi) is 3.23. The first kappa shape index (κ1) is 7.55. The molecule has 0 heterocycles. The Labute approximate surface area is 62.6 Å². The number of hydrogen-bond acceptors (Lipinski definition) is 1. The van der Waals surface area contributed by atoms with E-state index in [0.29, 0.717) is 0 Å². The third-order valence-electron chi connectivity index (χ3n) is 1.90. The summed E-state index contributed by atoms with van der Waals surface area (Å²) in [5.41, 5.74) is 5.46. The quantitative estimate of drug-likeness (QED) is 0.617. The lowest BCUT2D eigenvalue weighted by atomic mass is 9.99. The van der Waals surface area contributed by atoms with E-state index in [-0.39, 0.29) is 0 Å². The molecular formula is C9H15N. The van der Waals surface area contributed by atoms with Crippen LogP contribution in [0.3, 0.4) is 0 Å². The van der Waals surface area contributed by atoms with Crippen LogP contribution in [0, 0.1) is 5.92 Å². The maximum atomic E-state index is 5.46. The lowest BCUT2D eigenvalue weighted by Gasteiger charge is -2.08. The van der Waals surface area contributed by atoms with Gasteiger partial charge in [-0.2, -0.15) is 0 Å². The van der Waals surface area contributed by atoms with E-state index in [1.54, 1.807) is 0 Å². The molecule has 0 atom stereocenters. The van der Waals surface area contributed by atoms with Gasteiger partial charge in [0, 0.05) is 0 Å². The van der Waals surface area contributed by atoms with Gasteiger partial charge in [0.25, 0.3) is 0 Å². The van der Waals surface area contributed by atoms with Crippen molar-refractivity contribution in [3.05, 3.63) is 24.3 Å². The summed E-state index contributed by atoms with van der Waals surface area (Å²) >= 11 is 0. The molecule has 0 spiro atoms. The van der Waals surface area contributed by atoms with Gasteiger partial charge >= 0.3 is 0 Å². The van der Waals surface area contributed by atoms with Crippen molar-refractivity contribution in [3.8, 4) is 0 Å². The van der Waals surface area contributed by atoms with Crippen molar-refractivity contribution < 1.29 is 0 Å². The van der Waals surface area contributed by atoms with E-state index < -0.39 is 0 Å². The molecule has 0 bridgehead atoms. The SMILES string of the molecule is NCCC1CC=CC=CC1. The molecule has 1 heteroatoms. The highest BCUT2D eigenvalue weighted by molar-refractivity contribution is 5.06. The van der Waals surface area contributed by atoms with E-state index in [4.69, 9.17) is 5.73 Å². The van der Waals surface area contributed by atoms with Gasteiger partial charge in [-0.1, -0.05) is 24.3 Å². The van der Waals surface area contributed by atoms with Crippen LogP contribution >= 0.6 is 0 Å². The van der Waals surface area contributed by atoms with E-state index in [1.165, 1.54) is 12.8 Å². The normalized spacial score (nSPS) is 19.3. The van der Waals surface area contributed by atoms with Crippen molar-refractivity contribution in [3.63, 3.8) is 0 Å². The Morgan fingerprint density at radius 2 is 1.80 bits per heavy atom. The van der Waals surface area contributed by atoms with Crippen molar-refractivity contribution in [2.24, 2.45) is 11.7 Å². The summed E-state index contributed by atoms with van der Waals surface area (Å²) in [6.07, 6.45) is 12.3. The molecule has 1 aliphatic carbocycles. The monoisotopic (exact) mass is 137 g/mol. The van der Waals surface area contributed by atoms with Gasteiger partial charge in [0.15, 0.2) is 0 Å². The van der Waals surface area contributed by atoms with Crippen LogP contribution in [0.1, 0.15) is 19.3 Å². The Bertz CT molecular complexity index is 122. The predicted octanol–water partition coefficient (Wildman–Crippen LogP) is 1.86. The molecular weight excluding hydrogens is 122 g/mol. The number of hydrogen-bond donors (Lipinski definition) is 1. The van der Waals surface area contributed by atoms with Gasteiger partial charge in [-0.15, -0.1) is 0 Å². The minimum atomic E-state index is 0.792. The van der Waals surface area contributed by atoms with Gasteiger partial charge in [-0.25, -0.2) is 0 Å². The molecule has 0 saturated heterocycles. The highest BCUT2D eigenvalue weighted by Crippen LogP contribution is 2.16. The largest absolute Gasteiger partial charge is 0.330 e. The first-order valence-electron chi connectivity index (χ1n) is 3.95. The van der Waals surface area contributed by atoms with Crippen LogP contribution in [-0.4, -0.2) is 6.54 Å². The molecule has 0 unspecified atom stereocenters. The molecule has 0 radical (unpaired) electrons. The molecule has 1 rings (SSSR count). The summed E-state index contributed by atoms with van der Waals surface area (Å²) < 4.78 is 0. The van der Waals surface area contributed by atoms with Crippen LogP contribution in [0.25, 0.3) is 0 Å². The fraction of sp³-hybridized carbons (Fsp3) is 0.556. The van der Waals surface area contributed by atoms with Crippen LogP contribution in [0.4, 0.5) is 0 Å². The lowest BCUT2D eigenvalue weighted by Crippen LogP contribution is -2.06. The van der Waals surface area contributed by atoms with Crippen molar-refractivity contribution in [1.29, 1.82) is 0 Å². The zero-order valence-electron chi connectivity index (χ0n) is 6.29. The first-order chi connectivity index (χ1) is 4.93. The van der Waals surface area contributed by atoms with E-state index in [0.717, 1.165) is 18.9 Å². The van der Waals surface area contributed by atoms with E-state index in [2.05, 4.69) is 24.3 Å². The molecule has 0 fully saturated rings. The van der Waals surface area contributed by atoms with E-state index in [1.807, 2.05) is 0 Å². The average molecular weight is 137 g/mol. The zero-order valence-corrected chi connectivity index (χ0v) is 6.29. The molecule has 0 aromatic carbocycles. The minimum Gasteiger partial charge on any atom is -0.330 e. The van der Waals surface area contributed by atoms with Crippen molar-refractivity contribution in [2.45, 2.75) is 19.3 Å². The van der Waals surface area contributed by atoms with Gasteiger partial charge in [-0.3, -0.25) is 0 Å². The smallest absolute Gasteiger partial charge is 0.00744 e. The fourth-order valence-corrected chi connectivity index (χ4v) is 1.27. The van der Waals surface area contributed by atoms with Crippen LogP contribution in [0.2, 0.25) is 0 Å². The molecule has 10 heavy (non-hydrogen) atoms. The molecule has 0 saturated carbocycles. The summed E-state index contributed by atoms with van der Waals surface area (Å²) in [5, 5.41) is 0. The minimum absolute atomic E-state index is 0.792. The number of rotatable bonds is 2. The second-order valence-electron chi connectivity index (χ2n) is 2.77. The standard InChI is InChI=1S/C9H15N/c10-8-7-9-5-3-1-2-4-6-9/h1-4,9H,5-8,10H2. The maximum Gasteiger partial charge on any atom is -0.00744 e. The molecule has 1 aliphatic rings. The Hall–Kier alpha value is -0.560. The summed E-state index contributed by atoms with van der Waals surface area (Å²) in [4.78, 5) is 0. The fourth-order valence-electron chi connectivity index (χ4n) is 1.27. The Balaban J connectivity index is 2.32. The topological polar surface area (TPSA) is 26.0 Å². The van der Waals surface area contributed by atoms with Crippen molar-refractivity contribution in [1.82, 2.24) is 0 Å². The Morgan fingerprint density at radius 1 is 1.20 bits per heavy atom. The highest BCUT2D eigenvalue weighted by atomic mass is 14.5. The number of allylic oxidation sites excluding steroid dienone is 4. The molecule has 0 amide bonds. The average Bonchev–Trinajstić information content (AvgIpc) is 2.17. The predicted molar refractivity (Wildman–Crippen MR) is 44.7 cm³/mol. The first-order valence-corrected chi connectivity index (χ1v) is 3.95. The van der Waals surface area contributed by atoms with Crippen LogP contribution in [-0.2, 0) is 0 Å². The summed E-state index contributed by atoms with van der Waals surface area (Å²) in [6, 6.07) is 0. The zero-order chi connectivity index (χ0) is 7.23. The maximum absolute atomic E-state index is 5.46. The second kappa shape index (κ2) is 4.29. The van der Waals surface area contributed by atoms with E-state index >= 15 is 0 Å². The molecule has 1 nitrogen and oxygen atoms in total. The molecule has 0 aromatic heterocycles. The number of nitrogens with two attached hydrogens (primary N) is 1. The summed E-state index contributed by atoms with van der Waals surface area (Å²) in [7, 11) is 0. The second-order valence-corrected chi connectivity index (χ2v) is 2.77. The lowest BCUT2D eigenvalue weighted by molar-refractivity contribution is 0.507. The van der Waals surface area contributed by atoms with Crippen molar-refractivity contribution >= 4 is 0 Å². The highest BCUT2D eigenvalue weighted by Gasteiger charge is 2.03. The summed E-state index contributed by atoms with van der Waals surface area (Å²) in [6.45, 7) is 0.826.